The van der Waals surface area contributed by atoms with Gasteiger partial charge >= 0.3 is 6.18 Å². The van der Waals surface area contributed by atoms with Crippen molar-refractivity contribution >= 4 is 23.4 Å². The summed E-state index contributed by atoms with van der Waals surface area (Å²) in [6, 6.07) is 5.09. The van der Waals surface area contributed by atoms with Crippen LogP contribution in [0.25, 0.3) is 0 Å². The number of benzene rings is 1. The summed E-state index contributed by atoms with van der Waals surface area (Å²) in [5, 5.41) is 3.44. The fraction of sp³-hybridized carbons (Fsp3) is 0.348. The number of fused-ring (bicyclic) bond motifs is 1. The van der Waals surface area contributed by atoms with Gasteiger partial charge in [0, 0.05) is 29.4 Å². The van der Waals surface area contributed by atoms with E-state index in [0.29, 0.717) is 23.0 Å². The van der Waals surface area contributed by atoms with Crippen LogP contribution in [0, 0.1) is 5.41 Å². The fourth-order valence-electron chi connectivity index (χ4n) is 4.42. The molecule has 1 atom stereocenters. The second-order valence-corrected chi connectivity index (χ2v) is 9.72. The Bertz CT molecular complexity index is 1200. The number of hydrogen-bond donors (Lipinski definition) is 2. The third-order valence-electron chi connectivity index (χ3n) is 5.62. The molecule has 0 bridgehead atoms. The molecular weight excluding hydrogens is 439 g/mol. The molecule has 1 aliphatic heterocycles. The Morgan fingerprint density at radius 3 is 2.66 bits per heavy atom. The number of H-pyrrole nitrogens is 1. The number of aromatic amines is 1. The summed E-state index contributed by atoms with van der Waals surface area (Å²) < 4.78 is 41.7. The van der Waals surface area contributed by atoms with Gasteiger partial charge in [0.1, 0.15) is 5.82 Å². The number of carbonyl (C=O) groups excluding carboxylic acids is 1. The van der Waals surface area contributed by atoms with Gasteiger partial charge in [0.2, 0.25) is 0 Å². The van der Waals surface area contributed by atoms with E-state index in [1.165, 1.54) is 30.0 Å². The van der Waals surface area contributed by atoms with Crippen LogP contribution in [0.4, 0.5) is 19.0 Å². The second kappa shape index (κ2) is 7.95. The highest BCUT2D eigenvalue weighted by atomic mass is 32.2. The zero-order chi connectivity index (χ0) is 23.3. The maximum atomic E-state index is 13.9. The molecule has 5 nitrogen and oxygen atoms in total. The number of allylic oxidation sites excluding steroid dienone is 2. The number of ketones is 1. The van der Waals surface area contributed by atoms with E-state index in [4.69, 9.17) is 0 Å². The molecule has 1 aromatic carbocycles. The van der Waals surface area contributed by atoms with Gasteiger partial charge in [-0.1, -0.05) is 49.9 Å². The predicted molar refractivity (Wildman–Crippen MR) is 118 cm³/mol. The lowest BCUT2D eigenvalue weighted by molar-refractivity contribution is -0.138. The van der Waals surface area contributed by atoms with Gasteiger partial charge in [-0.2, -0.15) is 13.2 Å². The SMILES string of the molecule is C=CCSc1nc2c(c(=O)[nH]1)[C@H](c1ccccc1C(F)(F)F)C1=C(CC(C)(C)CC1=O)N2. The average molecular weight is 462 g/mol. The molecule has 0 spiro atoms. The monoisotopic (exact) mass is 461 g/mol. The van der Waals surface area contributed by atoms with Crippen molar-refractivity contribution in [2.75, 3.05) is 11.1 Å². The third kappa shape index (κ3) is 4.01. The number of alkyl halides is 3. The third-order valence-corrected chi connectivity index (χ3v) is 6.48. The van der Waals surface area contributed by atoms with Gasteiger partial charge in [0.05, 0.1) is 11.1 Å². The summed E-state index contributed by atoms with van der Waals surface area (Å²) in [4.78, 5) is 33.4. The van der Waals surface area contributed by atoms with Crippen molar-refractivity contribution in [1.29, 1.82) is 0 Å². The van der Waals surface area contributed by atoms with Gasteiger partial charge in [0.15, 0.2) is 10.9 Å². The minimum atomic E-state index is -4.64. The molecule has 1 aromatic heterocycles. The van der Waals surface area contributed by atoms with Crippen molar-refractivity contribution < 1.29 is 18.0 Å². The molecule has 168 valence electrons. The number of halogens is 3. The van der Waals surface area contributed by atoms with Crippen LogP contribution >= 0.6 is 11.8 Å². The van der Waals surface area contributed by atoms with Crippen LogP contribution in [0.15, 0.2) is 58.1 Å². The van der Waals surface area contributed by atoms with Gasteiger partial charge in [-0.25, -0.2) is 4.98 Å². The molecule has 0 unspecified atom stereocenters. The van der Waals surface area contributed by atoms with Crippen LogP contribution in [0.3, 0.4) is 0 Å². The molecule has 0 saturated heterocycles. The first kappa shape index (κ1) is 22.4. The van der Waals surface area contributed by atoms with Crippen molar-refractivity contribution in [3.05, 3.63) is 75.2 Å². The molecule has 2 aromatic rings. The summed E-state index contributed by atoms with van der Waals surface area (Å²) in [7, 11) is 0. The number of thioether (sulfide) groups is 1. The number of Topliss-reactive ketones (excluding diaryl/α,β-unsaturated/α-hetero) is 1. The van der Waals surface area contributed by atoms with E-state index in [-0.39, 0.29) is 40.1 Å². The highest BCUT2D eigenvalue weighted by Crippen LogP contribution is 2.49. The van der Waals surface area contributed by atoms with E-state index >= 15 is 0 Å². The molecule has 2 heterocycles. The van der Waals surface area contributed by atoms with Crippen LogP contribution in [-0.2, 0) is 11.0 Å². The van der Waals surface area contributed by atoms with E-state index in [1.807, 2.05) is 13.8 Å². The molecule has 0 saturated carbocycles. The minimum absolute atomic E-state index is 0.0245. The van der Waals surface area contributed by atoms with E-state index in [9.17, 15) is 22.8 Å². The van der Waals surface area contributed by atoms with Crippen molar-refractivity contribution in [2.24, 2.45) is 5.41 Å². The normalized spacial score (nSPS) is 19.8. The van der Waals surface area contributed by atoms with Gasteiger partial charge in [-0.15, -0.1) is 6.58 Å². The van der Waals surface area contributed by atoms with E-state index in [0.717, 1.165) is 6.07 Å². The highest BCUT2D eigenvalue weighted by Gasteiger charge is 2.45. The van der Waals surface area contributed by atoms with Crippen molar-refractivity contribution in [3.63, 3.8) is 0 Å². The lowest BCUT2D eigenvalue weighted by Crippen LogP contribution is -2.37. The first-order chi connectivity index (χ1) is 15.0. The van der Waals surface area contributed by atoms with Gasteiger partial charge < -0.3 is 10.3 Å². The summed E-state index contributed by atoms with van der Waals surface area (Å²) in [5.41, 5.74) is -1.16. The molecule has 0 fully saturated rings. The molecule has 0 amide bonds. The second-order valence-electron chi connectivity index (χ2n) is 8.71. The summed E-state index contributed by atoms with van der Waals surface area (Å²) >= 11 is 1.25. The van der Waals surface area contributed by atoms with Crippen LogP contribution < -0.4 is 10.9 Å². The first-order valence-corrected chi connectivity index (χ1v) is 11.1. The smallest absolute Gasteiger partial charge is 0.343 e. The largest absolute Gasteiger partial charge is 0.416 e. The number of nitrogens with zero attached hydrogens (tertiary/aromatic N) is 1. The zero-order valence-electron chi connectivity index (χ0n) is 17.6. The van der Waals surface area contributed by atoms with Crippen LogP contribution in [-0.4, -0.2) is 21.5 Å². The van der Waals surface area contributed by atoms with E-state index in [1.54, 1.807) is 6.08 Å². The van der Waals surface area contributed by atoms with Crippen LogP contribution in [0.2, 0.25) is 0 Å². The zero-order valence-corrected chi connectivity index (χ0v) is 18.4. The van der Waals surface area contributed by atoms with Crippen LogP contribution in [0.5, 0.6) is 0 Å². The minimum Gasteiger partial charge on any atom is -0.343 e. The van der Waals surface area contributed by atoms with E-state index in [2.05, 4.69) is 21.9 Å². The summed E-state index contributed by atoms with van der Waals surface area (Å²) in [6.45, 7) is 7.50. The van der Waals surface area contributed by atoms with Crippen molar-refractivity contribution in [3.8, 4) is 0 Å². The van der Waals surface area contributed by atoms with Gasteiger partial charge in [-0.05, 0) is 23.5 Å². The molecule has 2 aliphatic rings. The Labute approximate surface area is 187 Å². The number of nitrogens with one attached hydrogen (secondary N) is 2. The summed E-state index contributed by atoms with van der Waals surface area (Å²) in [5.74, 6) is -0.730. The number of anilines is 1. The molecule has 32 heavy (non-hydrogen) atoms. The highest BCUT2D eigenvalue weighted by molar-refractivity contribution is 7.99. The summed E-state index contributed by atoms with van der Waals surface area (Å²) in [6.07, 6.45) is -2.34. The lowest BCUT2D eigenvalue weighted by Gasteiger charge is -2.39. The standard InChI is InChI=1S/C23H22F3N3O2S/c1-4-9-32-21-28-19-18(20(31)29-21)16(12-7-5-6-8-13(12)23(24,25)26)17-14(27-19)10-22(2,3)11-15(17)30/h4-8,16H,1,9-11H2,2-3H3,(H2,27,28,29,31)/t16-/m1/s1. The lowest BCUT2D eigenvalue weighted by atomic mass is 9.69. The number of hydrogen-bond acceptors (Lipinski definition) is 5. The molecule has 0 radical (unpaired) electrons. The topological polar surface area (TPSA) is 74.8 Å². The maximum Gasteiger partial charge on any atom is 0.416 e. The van der Waals surface area contributed by atoms with Gasteiger partial charge in [-0.3, -0.25) is 9.59 Å². The Hall–Kier alpha value is -2.81. The number of aromatic nitrogens is 2. The van der Waals surface area contributed by atoms with Crippen molar-refractivity contribution in [1.82, 2.24) is 9.97 Å². The maximum absolute atomic E-state index is 13.9. The molecular formula is C23H22F3N3O2S. The average Bonchev–Trinajstić information content (AvgIpc) is 2.69. The molecule has 2 N–H and O–H groups in total. The molecule has 4 rings (SSSR count). The number of carbonyl (C=O) groups is 1. The predicted octanol–water partition coefficient (Wildman–Crippen LogP) is 5.27. The Morgan fingerprint density at radius 2 is 1.97 bits per heavy atom. The molecule has 9 heteroatoms. The van der Waals surface area contributed by atoms with Crippen LogP contribution in [0.1, 0.15) is 49.3 Å². The Morgan fingerprint density at radius 1 is 1.25 bits per heavy atom. The van der Waals surface area contributed by atoms with Gasteiger partial charge in [0.25, 0.3) is 5.56 Å². The molecule has 1 aliphatic carbocycles. The number of rotatable bonds is 4. The quantitative estimate of drug-likeness (QED) is 0.369. The first-order valence-electron chi connectivity index (χ1n) is 10.1. The van der Waals surface area contributed by atoms with E-state index < -0.39 is 23.2 Å². The Kier molecular flexibility index (Phi) is 5.56. The fourth-order valence-corrected chi connectivity index (χ4v) is 5.01. The van der Waals surface area contributed by atoms with Crippen molar-refractivity contribution in [2.45, 2.75) is 43.9 Å². The Balaban J connectivity index is 1.99.